The molecule has 22 heavy (non-hydrogen) atoms. The van der Waals surface area contributed by atoms with Crippen molar-refractivity contribution >= 4 is 25.7 Å². The molecule has 2 nitrogen and oxygen atoms in total. The van der Waals surface area contributed by atoms with E-state index in [-0.39, 0.29) is 0 Å². The van der Waals surface area contributed by atoms with Gasteiger partial charge in [-0.1, -0.05) is 18.2 Å². The van der Waals surface area contributed by atoms with Gasteiger partial charge in [0.05, 0.1) is 5.56 Å². The van der Waals surface area contributed by atoms with Crippen LogP contribution in [0.1, 0.15) is 69.7 Å². The van der Waals surface area contributed by atoms with Gasteiger partial charge in [-0.25, -0.2) is 4.79 Å². The van der Waals surface area contributed by atoms with Crippen LogP contribution < -0.4 is 0 Å². The molecule has 0 bridgehead atoms. The average Bonchev–Trinajstić information content (AvgIpc) is 2.55. The molecule has 1 rings (SSSR count). The summed E-state index contributed by atoms with van der Waals surface area (Å²) in [6, 6.07) is 8.30. The molecule has 0 amide bonds. The number of benzene rings is 1. The number of unbranched alkanes of at least 4 members (excludes halogenated alkanes) is 3. The fourth-order valence-electron chi connectivity index (χ4n) is 2.24. The molecule has 125 valence electrons. The maximum atomic E-state index is 10.2. The van der Waals surface area contributed by atoms with Crippen LogP contribution in [-0.4, -0.2) is 30.8 Å². The summed E-state index contributed by atoms with van der Waals surface area (Å²) in [5, 5.41) is 8.38. The van der Waals surface area contributed by atoms with E-state index in [9.17, 15) is 4.79 Å². The van der Waals surface area contributed by atoms with E-state index >= 15 is 0 Å². The van der Waals surface area contributed by atoms with Crippen LogP contribution in [0.4, 0.5) is 0 Å². The predicted octanol–water partition coefficient (Wildman–Crippen LogP) is 6.27. The Bertz CT molecular complexity index is 346. The maximum absolute atomic E-state index is 10.2. The first kappa shape index (κ1) is 21.5. The zero-order valence-electron chi connectivity index (χ0n) is 14.6. The summed E-state index contributed by atoms with van der Waals surface area (Å²) in [5.41, 5.74) is 0.331. The Morgan fingerprint density at radius 2 is 1.27 bits per heavy atom. The van der Waals surface area contributed by atoms with Crippen molar-refractivity contribution in [2.75, 3.05) is 0 Å². The topological polar surface area (TPSA) is 37.3 Å². The van der Waals surface area contributed by atoms with E-state index in [0.29, 0.717) is 5.56 Å². The molecule has 1 N–H and O–H groups in total. The predicted molar refractivity (Wildman–Crippen MR) is 98.3 cm³/mol. The van der Waals surface area contributed by atoms with E-state index in [2.05, 4.69) is 20.8 Å². The molecule has 0 aliphatic rings. The number of rotatable bonds is 10. The Labute approximate surface area is 144 Å². The van der Waals surface area contributed by atoms with Crippen molar-refractivity contribution in [1.29, 1.82) is 0 Å². The van der Waals surface area contributed by atoms with Crippen LogP contribution in [0.5, 0.6) is 0 Å². The third kappa shape index (κ3) is 12.1. The van der Waals surface area contributed by atoms with Crippen molar-refractivity contribution in [1.82, 2.24) is 0 Å². The monoisotopic (exact) mass is 413 g/mol. The normalized spacial score (nSPS) is 10.2. The van der Waals surface area contributed by atoms with Gasteiger partial charge in [0.2, 0.25) is 0 Å². The number of carbonyl (C=O) groups is 1. The third-order valence-corrected chi connectivity index (χ3v) is 12.8. The van der Waals surface area contributed by atoms with Gasteiger partial charge >= 0.3 is 98.3 Å². The van der Waals surface area contributed by atoms with Crippen molar-refractivity contribution in [3.63, 3.8) is 0 Å². The van der Waals surface area contributed by atoms with Crippen molar-refractivity contribution in [3.8, 4) is 0 Å². The van der Waals surface area contributed by atoms with Crippen LogP contribution in [0, 0.1) is 0 Å². The SMILES string of the molecule is CCC[CH2][Sn]([CH2]CCC)[CH2]CCC.O=C(O)c1ccccc1. The minimum absolute atomic E-state index is 0.331. The van der Waals surface area contributed by atoms with Gasteiger partial charge in [-0.15, -0.1) is 0 Å². The zero-order chi connectivity index (χ0) is 16.6. The minimum Gasteiger partial charge on any atom is -0.478 e. The molecule has 0 aromatic heterocycles. The van der Waals surface area contributed by atoms with Crippen LogP contribution >= 0.6 is 0 Å². The van der Waals surface area contributed by atoms with Crippen molar-refractivity contribution in [2.24, 2.45) is 0 Å². The molecule has 0 atom stereocenters. The van der Waals surface area contributed by atoms with E-state index < -0.39 is 25.7 Å². The molecule has 0 aliphatic carbocycles. The summed E-state index contributed by atoms with van der Waals surface area (Å²) >= 11 is -0.839. The fraction of sp³-hybridized carbons (Fsp3) is 0.632. The fourth-order valence-corrected chi connectivity index (χ4v) is 11.7. The second-order valence-corrected chi connectivity index (χ2v) is 14.3. The molecular formula is C19H33O2Sn. The quantitative estimate of drug-likeness (QED) is 0.460. The maximum Gasteiger partial charge on any atom is 0.335 e. The Morgan fingerprint density at radius 3 is 1.55 bits per heavy atom. The van der Waals surface area contributed by atoms with Crippen molar-refractivity contribution < 1.29 is 9.90 Å². The van der Waals surface area contributed by atoms with Crippen LogP contribution in [0.15, 0.2) is 30.3 Å². The van der Waals surface area contributed by atoms with E-state index in [1.165, 1.54) is 38.5 Å². The van der Waals surface area contributed by atoms with Crippen molar-refractivity contribution in [2.45, 2.75) is 72.6 Å². The van der Waals surface area contributed by atoms with Crippen LogP contribution in [0.3, 0.4) is 0 Å². The summed E-state index contributed by atoms with van der Waals surface area (Å²) in [6.07, 6.45) is 8.85. The molecule has 0 saturated heterocycles. The smallest absolute Gasteiger partial charge is 0.335 e. The van der Waals surface area contributed by atoms with Gasteiger partial charge < -0.3 is 5.11 Å². The van der Waals surface area contributed by atoms with E-state index in [1.807, 2.05) is 0 Å². The molecule has 0 heterocycles. The van der Waals surface area contributed by atoms with Gasteiger partial charge in [-0.2, -0.15) is 0 Å². The number of carboxylic acids is 1. The van der Waals surface area contributed by atoms with Crippen molar-refractivity contribution in [3.05, 3.63) is 35.9 Å². The zero-order valence-corrected chi connectivity index (χ0v) is 17.5. The molecule has 0 aliphatic heterocycles. The van der Waals surface area contributed by atoms with Crippen LogP contribution in [-0.2, 0) is 0 Å². The molecule has 0 unspecified atom stereocenters. The number of hydrogen-bond acceptors (Lipinski definition) is 1. The van der Waals surface area contributed by atoms with Gasteiger partial charge in [0, 0.05) is 0 Å². The average molecular weight is 412 g/mol. The van der Waals surface area contributed by atoms with Crippen LogP contribution in [0.2, 0.25) is 13.3 Å². The standard InChI is InChI=1S/C7H6O2.3C4H9.Sn/c8-7(9)6-4-2-1-3-5-6;3*1-3-4-2;/h1-5H,(H,8,9);3*1,3-4H2,2H3;. The second kappa shape index (κ2) is 15.4. The Hall–Kier alpha value is -0.511. The summed E-state index contributed by atoms with van der Waals surface area (Å²) in [5.74, 6) is -0.879. The number of carboxylic acid groups (broad SMARTS) is 1. The van der Waals surface area contributed by atoms with Gasteiger partial charge in [-0.3, -0.25) is 0 Å². The Morgan fingerprint density at radius 1 is 0.864 bits per heavy atom. The third-order valence-electron chi connectivity index (χ3n) is 3.67. The van der Waals surface area contributed by atoms with E-state index in [0.717, 1.165) is 0 Å². The molecule has 1 radical (unpaired) electrons. The second-order valence-electron chi connectivity index (χ2n) is 5.73. The number of aromatic carboxylic acids is 1. The van der Waals surface area contributed by atoms with Gasteiger partial charge in [-0.05, 0) is 12.1 Å². The molecule has 0 fully saturated rings. The Balaban J connectivity index is 0.000000425. The van der Waals surface area contributed by atoms with Gasteiger partial charge in [0.15, 0.2) is 0 Å². The summed E-state index contributed by atoms with van der Waals surface area (Å²) in [6.45, 7) is 7.00. The molecule has 1 aromatic carbocycles. The first-order valence-corrected chi connectivity index (χ1v) is 14.8. The van der Waals surface area contributed by atoms with Crippen LogP contribution in [0.25, 0.3) is 0 Å². The van der Waals surface area contributed by atoms with E-state index in [1.54, 1.807) is 43.6 Å². The molecule has 0 saturated carbocycles. The summed E-state index contributed by atoms with van der Waals surface area (Å²) < 4.78 is 5.04. The first-order chi connectivity index (χ1) is 10.7. The number of hydrogen-bond donors (Lipinski definition) is 1. The summed E-state index contributed by atoms with van der Waals surface area (Å²) in [4.78, 5) is 10.2. The first-order valence-electron chi connectivity index (χ1n) is 8.77. The Kier molecular flexibility index (Phi) is 15.0. The van der Waals surface area contributed by atoms with Gasteiger partial charge in [0.1, 0.15) is 0 Å². The molecule has 3 heteroatoms. The summed E-state index contributed by atoms with van der Waals surface area (Å²) in [7, 11) is 0. The largest absolute Gasteiger partial charge is 0.478 e. The van der Waals surface area contributed by atoms with E-state index in [4.69, 9.17) is 5.11 Å². The molecule has 1 aromatic rings. The minimum atomic E-state index is -0.879. The van der Waals surface area contributed by atoms with Gasteiger partial charge in [0.25, 0.3) is 0 Å². The molecular weight excluding hydrogens is 379 g/mol. The molecule has 0 spiro atoms.